The van der Waals surface area contributed by atoms with Crippen LogP contribution in [0.15, 0.2) is 30.3 Å². The molecule has 4 rings (SSSR count). The molecule has 1 amide bonds. The summed E-state index contributed by atoms with van der Waals surface area (Å²) in [5.41, 5.74) is 0.644. The molecule has 38 heavy (non-hydrogen) atoms. The first-order valence-corrected chi connectivity index (χ1v) is 13.8. The van der Waals surface area contributed by atoms with E-state index in [9.17, 15) is 4.79 Å². The number of anilines is 3. The number of morpholine rings is 1. The Labute approximate surface area is 225 Å². The average Bonchev–Trinajstić information content (AvgIpc) is 2.98. The molecule has 0 atom stereocenters. The molecule has 3 N–H and O–H groups in total. The molecule has 1 aliphatic heterocycles. The molecule has 2 fully saturated rings. The number of hydrogen-bond donors (Lipinski definition) is 3. The van der Waals surface area contributed by atoms with Crippen molar-refractivity contribution in [2.45, 2.75) is 32.1 Å². The summed E-state index contributed by atoms with van der Waals surface area (Å²) in [5, 5.41) is 9.56. The van der Waals surface area contributed by atoms with Gasteiger partial charge in [0.2, 0.25) is 17.8 Å². The fraction of sp³-hybridized carbons (Fsp3) is 0.630. The topological polar surface area (TPSA) is 123 Å². The molecule has 1 aliphatic carbocycles. The number of carbonyl (C=O) groups is 1. The molecule has 2 aliphatic rings. The van der Waals surface area contributed by atoms with Crippen molar-refractivity contribution in [2.75, 3.05) is 87.9 Å². The smallest absolute Gasteiger partial charge is 0.251 e. The van der Waals surface area contributed by atoms with Gasteiger partial charge in [0.1, 0.15) is 0 Å². The van der Waals surface area contributed by atoms with Crippen molar-refractivity contribution in [3.05, 3.63) is 35.9 Å². The summed E-state index contributed by atoms with van der Waals surface area (Å²) >= 11 is 0. The highest BCUT2D eigenvalue weighted by Crippen LogP contribution is 2.24. The number of benzene rings is 1. The van der Waals surface area contributed by atoms with E-state index in [0.717, 1.165) is 19.6 Å². The van der Waals surface area contributed by atoms with Crippen LogP contribution in [0.1, 0.15) is 42.5 Å². The molecule has 0 bridgehead atoms. The lowest BCUT2D eigenvalue weighted by atomic mass is 9.89. The van der Waals surface area contributed by atoms with Crippen molar-refractivity contribution >= 4 is 23.8 Å². The van der Waals surface area contributed by atoms with Crippen molar-refractivity contribution in [3.63, 3.8) is 0 Å². The predicted molar refractivity (Wildman–Crippen MR) is 147 cm³/mol. The molecule has 11 heteroatoms. The van der Waals surface area contributed by atoms with E-state index in [2.05, 4.69) is 35.8 Å². The summed E-state index contributed by atoms with van der Waals surface area (Å²) in [6.45, 7) is 6.67. The Morgan fingerprint density at radius 1 is 0.868 bits per heavy atom. The third kappa shape index (κ3) is 9.70. The van der Waals surface area contributed by atoms with Crippen LogP contribution < -0.4 is 20.9 Å². The molecule has 1 saturated heterocycles. The van der Waals surface area contributed by atoms with Gasteiger partial charge >= 0.3 is 0 Å². The number of nitrogens with one attached hydrogen (secondary N) is 3. The minimum atomic E-state index is -0.0982. The standard InChI is InChI=1S/C27H41N7O4/c35-24(23-9-5-2-6-10-23)28-11-15-36-19-20-37-16-12-29-25-31-26(30-21-22-7-3-1-4-8-22)33-27(32-25)34-13-17-38-18-14-34/h2,5-6,9-10,22H,1,3-4,7-8,11-21H2,(H,28,35)(H2,29,30,31,32,33). The Morgan fingerprint density at radius 3 is 2.29 bits per heavy atom. The van der Waals surface area contributed by atoms with Crippen LogP contribution in [0.2, 0.25) is 0 Å². The van der Waals surface area contributed by atoms with Gasteiger partial charge in [-0.3, -0.25) is 4.79 Å². The normalized spacial score (nSPS) is 16.3. The van der Waals surface area contributed by atoms with E-state index in [1.54, 1.807) is 12.1 Å². The maximum Gasteiger partial charge on any atom is 0.251 e. The van der Waals surface area contributed by atoms with Crippen LogP contribution >= 0.6 is 0 Å². The van der Waals surface area contributed by atoms with Gasteiger partial charge in [-0.15, -0.1) is 0 Å². The summed E-state index contributed by atoms with van der Waals surface area (Å²) in [4.78, 5) is 28.0. The van der Waals surface area contributed by atoms with E-state index < -0.39 is 0 Å². The number of aromatic nitrogens is 3. The number of ether oxygens (including phenoxy) is 3. The number of rotatable bonds is 15. The van der Waals surface area contributed by atoms with Crippen LogP contribution in [0.25, 0.3) is 0 Å². The second-order valence-corrected chi connectivity index (χ2v) is 9.54. The third-order valence-corrected chi connectivity index (χ3v) is 6.66. The highest BCUT2D eigenvalue weighted by molar-refractivity contribution is 5.94. The zero-order valence-electron chi connectivity index (χ0n) is 22.2. The highest BCUT2D eigenvalue weighted by Gasteiger charge is 2.18. The largest absolute Gasteiger partial charge is 0.378 e. The summed E-state index contributed by atoms with van der Waals surface area (Å²) in [6, 6.07) is 9.14. The van der Waals surface area contributed by atoms with Crippen LogP contribution in [0.3, 0.4) is 0 Å². The maximum absolute atomic E-state index is 12.0. The lowest BCUT2D eigenvalue weighted by molar-refractivity contribution is 0.0519. The molecule has 1 saturated carbocycles. The van der Waals surface area contributed by atoms with Gasteiger partial charge in [-0.05, 0) is 30.9 Å². The fourth-order valence-electron chi connectivity index (χ4n) is 4.54. The molecule has 2 heterocycles. The third-order valence-electron chi connectivity index (χ3n) is 6.66. The first kappa shape index (κ1) is 28.0. The minimum Gasteiger partial charge on any atom is -0.378 e. The molecule has 0 spiro atoms. The molecular formula is C27H41N7O4. The van der Waals surface area contributed by atoms with Gasteiger partial charge in [-0.1, -0.05) is 37.5 Å². The Hall–Kier alpha value is -3.02. The first-order chi connectivity index (χ1) is 18.8. The SMILES string of the molecule is O=C(NCCOCCOCCNc1nc(NCC2CCCCC2)nc(N2CCOCC2)n1)c1ccccc1. The Bertz CT molecular complexity index is 954. The van der Waals surface area contributed by atoms with Gasteiger partial charge in [-0.2, -0.15) is 15.0 Å². The van der Waals surface area contributed by atoms with Crippen molar-refractivity contribution in [2.24, 2.45) is 5.92 Å². The van der Waals surface area contributed by atoms with E-state index in [1.165, 1.54) is 32.1 Å². The molecule has 1 aromatic carbocycles. The molecular weight excluding hydrogens is 486 g/mol. The second kappa shape index (κ2) is 16.1. The minimum absolute atomic E-state index is 0.0982. The van der Waals surface area contributed by atoms with Crippen molar-refractivity contribution in [3.8, 4) is 0 Å². The number of nitrogens with zero attached hydrogens (tertiary/aromatic N) is 4. The van der Waals surface area contributed by atoms with E-state index in [-0.39, 0.29) is 5.91 Å². The van der Waals surface area contributed by atoms with Gasteiger partial charge in [-0.25, -0.2) is 0 Å². The Morgan fingerprint density at radius 2 is 1.55 bits per heavy atom. The van der Waals surface area contributed by atoms with Gasteiger partial charge in [0.05, 0.1) is 39.6 Å². The lowest BCUT2D eigenvalue weighted by Gasteiger charge is -2.27. The second-order valence-electron chi connectivity index (χ2n) is 9.54. The van der Waals surface area contributed by atoms with Gasteiger partial charge < -0.3 is 35.1 Å². The Kier molecular flexibility index (Phi) is 11.8. The zero-order valence-corrected chi connectivity index (χ0v) is 22.2. The summed E-state index contributed by atoms with van der Waals surface area (Å²) < 4.78 is 16.7. The quantitative estimate of drug-likeness (QED) is 0.298. The molecule has 0 unspecified atom stereocenters. The van der Waals surface area contributed by atoms with Crippen molar-refractivity contribution in [1.82, 2.24) is 20.3 Å². The van der Waals surface area contributed by atoms with Crippen LogP contribution in [0, 0.1) is 5.92 Å². The van der Waals surface area contributed by atoms with Crippen LogP contribution in [-0.4, -0.2) is 93.2 Å². The van der Waals surface area contributed by atoms with E-state index >= 15 is 0 Å². The monoisotopic (exact) mass is 527 g/mol. The van der Waals surface area contributed by atoms with Crippen LogP contribution in [0.4, 0.5) is 17.8 Å². The number of carbonyl (C=O) groups excluding carboxylic acids is 1. The maximum atomic E-state index is 12.0. The molecule has 2 aromatic rings. The summed E-state index contributed by atoms with van der Waals surface area (Å²) in [7, 11) is 0. The van der Waals surface area contributed by atoms with E-state index in [4.69, 9.17) is 14.2 Å². The number of hydrogen-bond acceptors (Lipinski definition) is 10. The summed E-state index contributed by atoms with van der Waals surface area (Å²) in [6.07, 6.45) is 6.50. The lowest BCUT2D eigenvalue weighted by Crippen LogP contribution is -2.37. The molecule has 208 valence electrons. The van der Waals surface area contributed by atoms with E-state index in [0.29, 0.717) is 82.1 Å². The van der Waals surface area contributed by atoms with Crippen LogP contribution in [-0.2, 0) is 14.2 Å². The molecule has 0 radical (unpaired) electrons. The Balaban J connectivity index is 1.13. The van der Waals surface area contributed by atoms with Gasteiger partial charge in [0, 0.05) is 38.3 Å². The van der Waals surface area contributed by atoms with Crippen molar-refractivity contribution < 1.29 is 19.0 Å². The first-order valence-electron chi connectivity index (χ1n) is 13.8. The molecule has 1 aromatic heterocycles. The molecule has 11 nitrogen and oxygen atoms in total. The van der Waals surface area contributed by atoms with Crippen LogP contribution in [0.5, 0.6) is 0 Å². The van der Waals surface area contributed by atoms with E-state index in [1.807, 2.05) is 18.2 Å². The predicted octanol–water partition coefficient (Wildman–Crippen LogP) is 2.58. The average molecular weight is 528 g/mol. The zero-order chi connectivity index (χ0) is 26.3. The summed E-state index contributed by atoms with van der Waals surface area (Å²) in [5.74, 6) is 2.41. The van der Waals surface area contributed by atoms with Crippen molar-refractivity contribution in [1.29, 1.82) is 0 Å². The van der Waals surface area contributed by atoms with Gasteiger partial charge in [0.15, 0.2) is 0 Å². The fourth-order valence-corrected chi connectivity index (χ4v) is 4.54. The number of amides is 1. The highest BCUT2D eigenvalue weighted by atomic mass is 16.5. The van der Waals surface area contributed by atoms with Gasteiger partial charge in [0.25, 0.3) is 5.91 Å².